The van der Waals surface area contributed by atoms with Gasteiger partial charge in [-0.15, -0.1) is 11.3 Å². The second-order valence-corrected chi connectivity index (χ2v) is 5.48. The zero-order chi connectivity index (χ0) is 13.5. The molecule has 1 unspecified atom stereocenters. The molecule has 1 atom stereocenters. The van der Waals surface area contributed by atoms with Gasteiger partial charge in [-0.1, -0.05) is 36.4 Å². The Bertz CT molecular complexity index is 496. The molecule has 100 valence electrons. The molecule has 0 aliphatic heterocycles. The van der Waals surface area contributed by atoms with Crippen LogP contribution < -0.4 is 5.32 Å². The molecular weight excluding hydrogens is 258 g/mol. The highest BCUT2D eigenvalue weighted by molar-refractivity contribution is 7.09. The number of thiophene rings is 1. The number of hydrogen-bond donors (Lipinski definition) is 2. The van der Waals surface area contributed by atoms with Crippen molar-refractivity contribution in [2.24, 2.45) is 0 Å². The van der Waals surface area contributed by atoms with E-state index in [9.17, 15) is 4.79 Å². The summed E-state index contributed by atoms with van der Waals surface area (Å²) in [6.45, 7) is 0.699. The van der Waals surface area contributed by atoms with E-state index in [1.54, 1.807) is 11.3 Å². The molecule has 1 aromatic heterocycles. The Morgan fingerprint density at radius 1 is 1.21 bits per heavy atom. The standard InChI is InChI=1S/C15H17NO2S/c17-15(18)10-13(9-14-7-4-8-19-14)16-11-12-5-2-1-3-6-12/h1-8,13,16H,9-11H2,(H,17,18). The summed E-state index contributed by atoms with van der Waals surface area (Å²) in [7, 11) is 0. The highest BCUT2D eigenvalue weighted by atomic mass is 32.1. The van der Waals surface area contributed by atoms with Crippen LogP contribution in [0, 0.1) is 0 Å². The first-order chi connectivity index (χ1) is 9.24. The van der Waals surface area contributed by atoms with Gasteiger partial charge in [0.2, 0.25) is 0 Å². The molecule has 0 fully saturated rings. The molecule has 0 saturated carbocycles. The monoisotopic (exact) mass is 275 g/mol. The number of hydrogen-bond acceptors (Lipinski definition) is 3. The Balaban J connectivity index is 1.92. The van der Waals surface area contributed by atoms with Crippen LogP contribution in [-0.4, -0.2) is 17.1 Å². The molecule has 19 heavy (non-hydrogen) atoms. The van der Waals surface area contributed by atoms with E-state index < -0.39 is 5.97 Å². The zero-order valence-electron chi connectivity index (χ0n) is 10.6. The molecule has 0 saturated heterocycles. The van der Waals surface area contributed by atoms with E-state index in [2.05, 4.69) is 5.32 Å². The van der Waals surface area contributed by atoms with Crippen LogP contribution in [0.25, 0.3) is 0 Å². The number of rotatable bonds is 7. The van der Waals surface area contributed by atoms with Crippen LogP contribution in [-0.2, 0) is 17.8 Å². The third kappa shape index (κ3) is 4.85. The largest absolute Gasteiger partial charge is 0.481 e. The number of aliphatic carboxylic acids is 1. The van der Waals surface area contributed by atoms with Gasteiger partial charge in [-0.25, -0.2) is 0 Å². The van der Waals surface area contributed by atoms with Gasteiger partial charge in [-0.3, -0.25) is 4.79 Å². The predicted octanol–water partition coefficient (Wildman–Crippen LogP) is 2.92. The second-order valence-electron chi connectivity index (χ2n) is 4.44. The molecule has 1 aromatic carbocycles. The number of carboxylic acids is 1. The van der Waals surface area contributed by atoms with Crippen molar-refractivity contribution < 1.29 is 9.90 Å². The molecule has 0 aliphatic carbocycles. The van der Waals surface area contributed by atoms with E-state index in [-0.39, 0.29) is 12.5 Å². The van der Waals surface area contributed by atoms with Crippen molar-refractivity contribution >= 4 is 17.3 Å². The Hall–Kier alpha value is -1.65. The number of benzene rings is 1. The van der Waals surface area contributed by atoms with Crippen LogP contribution in [0.3, 0.4) is 0 Å². The molecule has 2 rings (SSSR count). The molecule has 0 bridgehead atoms. The summed E-state index contributed by atoms with van der Waals surface area (Å²) in [4.78, 5) is 12.1. The van der Waals surface area contributed by atoms with Crippen LogP contribution >= 0.6 is 11.3 Å². The van der Waals surface area contributed by atoms with Crippen LogP contribution in [0.2, 0.25) is 0 Å². The molecule has 2 N–H and O–H groups in total. The van der Waals surface area contributed by atoms with Gasteiger partial charge in [0.05, 0.1) is 6.42 Å². The quantitative estimate of drug-likeness (QED) is 0.817. The van der Waals surface area contributed by atoms with Gasteiger partial charge >= 0.3 is 5.97 Å². The van der Waals surface area contributed by atoms with Gasteiger partial charge in [0.1, 0.15) is 0 Å². The molecule has 4 heteroatoms. The van der Waals surface area contributed by atoms with Gasteiger partial charge in [-0.2, -0.15) is 0 Å². The van der Waals surface area contributed by atoms with Crippen molar-refractivity contribution in [2.75, 3.05) is 0 Å². The van der Waals surface area contributed by atoms with E-state index >= 15 is 0 Å². The van der Waals surface area contributed by atoms with Crippen molar-refractivity contribution in [3.05, 3.63) is 58.3 Å². The third-order valence-electron chi connectivity index (χ3n) is 2.89. The number of carboxylic acid groups (broad SMARTS) is 1. The zero-order valence-corrected chi connectivity index (χ0v) is 11.4. The van der Waals surface area contributed by atoms with Crippen LogP contribution in [0.5, 0.6) is 0 Å². The molecule has 0 amide bonds. The first-order valence-corrected chi connectivity index (χ1v) is 7.13. The average Bonchev–Trinajstić information content (AvgIpc) is 2.89. The highest BCUT2D eigenvalue weighted by Gasteiger charge is 2.13. The highest BCUT2D eigenvalue weighted by Crippen LogP contribution is 2.13. The van der Waals surface area contributed by atoms with Crippen molar-refractivity contribution in [3.63, 3.8) is 0 Å². The SMILES string of the molecule is O=C(O)CC(Cc1cccs1)NCc1ccccc1. The lowest BCUT2D eigenvalue weighted by atomic mass is 10.1. The minimum atomic E-state index is -0.762. The fraction of sp³-hybridized carbons (Fsp3) is 0.267. The fourth-order valence-electron chi connectivity index (χ4n) is 1.96. The van der Waals surface area contributed by atoms with E-state index in [0.29, 0.717) is 6.54 Å². The van der Waals surface area contributed by atoms with Crippen molar-refractivity contribution in [3.8, 4) is 0 Å². The fourth-order valence-corrected chi connectivity index (χ4v) is 2.74. The molecule has 0 radical (unpaired) electrons. The van der Waals surface area contributed by atoms with Gasteiger partial charge in [0, 0.05) is 17.5 Å². The maximum atomic E-state index is 10.9. The number of carbonyl (C=O) groups is 1. The first kappa shape index (κ1) is 13.8. The predicted molar refractivity (Wildman–Crippen MR) is 77.3 cm³/mol. The average molecular weight is 275 g/mol. The van der Waals surface area contributed by atoms with Crippen LogP contribution in [0.4, 0.5) is 0 Å². The van der Waals surface area contributed by atoms with Gasteiger partial charge < -0.3 is 10.4 Å². The van der Waals surface area contributed by atoms with E-state index in [4.69, 9.17) is 5.11 Å². The molecule has 0 spiro atoms. The maximum absolute atomic E-state index is 10.9. The summed E-state index contributed by atoms with van der Waals surface area (Å²) in [6.07, 6.45) is 0.904. The molecule has 0 aliphatic rings. The normalized spacial score (nSPS) is 12.2. The first-order valence-electron chi connectivity index (χ1n) is 6.25. The minimum Gasteiger partial charge on any atom is -0.481 e. The lowest BCUT2D eigenvalue weighted by molar-refractivity contribution is -0.137. The van der Waals surface area contributed by atoms with E-state index in [1.807, 2.05) is 47.8 Å². The van der Waals surface area contributed by atoms with Crippen molar-refractivity contribution in [1.29, 1.82) is 0 Å². The molecule has 3 nitrogen and oxygen atoms in total. The summed E-state index contributed by atoms with van der Waals surface area (Å²) < 4.78 is 0. The van der Waals surface area contributed by atoms with Crippen molar-refractivity contribution in [1.82, 2.24) is 5.32 Å². The second kappa shape index (κ2) is 7.07. The van der Waals surface area contributed by atoms with Crippen LogP contribution in [0.15, 0.2) is 47.8 Å². The molecular formula is C15H17NO2S. The Labute approximate surface area is 116 Å². The smallest absolute Gasteiger partial charge is 0.304 e. The topological polar surface area (TPSA) is 49.3 Å². The summed E-state index contributed by atoms with van der Waals surface area (Å²) in [5, 5.41) is 14.3. The van der Waals surface area contributed by atoms with E-state index in [1.165, 1.54) is 10.4 Å². The Morgan fingerprint density at radius 3 is 2.63 bits per heavy atom. The summed E-state index contributed by atoms with van der Waals surface area (Å²) in [5.74, 6) is -0.762. The van der Waals surface area contributed by atoms with Crippen LogP contribution in [0.1, 0.15) is 16.9 Å². The van der Waals surface area contributed by atoms with Gasteiger partial charge in [0.15, 0.2) is 0 Å². The molecule has 1 heterocycles. The minimum absolute atomic E-state index is 0.0312. The summed E-state index contributed by atoms with van der Waals surface area (Å²) >= 11 is 1.67. The molecule has 2 aromatic rings. The van der Waals surface area contributed by atoms with Gasteiger partial charge in [0.25, 0.3) is 0 Å². The lowest BCUT2D eigenvalue weighted by Crippen LogP contribution is -2.32. The van der Waals surface area contributed by atoms with Crippen molar-refractivity contribution in [2.45, 2.75) is 25.4 Å². The summed E-state index contributed by atoms with van der Waals surface area (Å²) in [5.41, 5.74) is 1.17. The third-order valence-corrected chi connectivity index (χ3v) is 3.79. The summed E-state index contributed by atoms with van der Waals surface area (Å²) in [6, 6.07) is 14.0. The number of nitrogens with one attached hydrogen (secondary N) is 1. The maximum Gasteiger partial charge on any atom is 0.304 e. The Morgan fingerprint density at radius 2 is 2.00 bits per heavy atom. The van der Waals surface area contributed by atoms with E-state index in [0.717, 1.165) is 6.42 Å². The Kier molecular flexibility index (Phi) is 5.12. The lowest BCUT2D eigenvalue weighted by Gasteiger charge is -2.16. The van der Waals surface area contributed by atoms with Gasteiger partial charge in [-0.05, 0) is 23.4 Å².